The minimum absolute atomic E-state index is 0.364. The van der Waals surface area contributed by atoms with Crippen molar-refractivity contribution in [1.82, 2.24) is 0 Å². The summed E-state index contributed by atoms with van der Waals surface area (Å²) >= 11 is 5.93. The summed E-state index contributed by atoms with van der Waals surface area (Å²) in [7, 11) is 0. The molecule has 0 heterocycles. The van der Waals surface area contributed by atoms with Crippen LogP contribution in [0.5, 0.6) is 0 Å². The zero-order chi connectivity index (χ0) is 11.5. The summed E-state index contributed by atoms with van der Waals surface area (Å²) in [5.74, 6) is -0.364. The first-order chi connectivity index (χ1) is 7.72. The molecule has 0 bridgehead atoms. The Morgan fingerprint density at radius 1 is 1.06 bits per heavy atom. The van der Waals surface area contributed by atoms with Crippen molar-refractivity contribution in [1.29, 1.82) is 5.26 Å². The molecular weight excluding hydrogens is 225 g/mol. The van der Waals surface area contributed by atoms with Crippen molar-refractivity contribution >= 4 is 11.6 Å². The van der Waals surface area contributed by atoms with Crippen LogP contribution in [0.3, 0.4) is 0 Å². The van der Waals surface area contributed by atoms with E-state index in [2.05, 4.69) is 0 Å². The Morgan fingerprint density at radius 3 is 2.31 bits per heavy atom. The molecule has 0 aromatic heterocycles. The lowest BCUT2D eigenvalue weighted by atomic mass is 10.0. The minimum Gasteiger partial charge on any atom is -0.206 e. The number of hydrogen-bond donors (Lipinski definition) is 0. The van der Waals surface area contributed by atoms with Crippen LogP contribution in [-0.4, -0.2) is 0 Å². The van der Waals surface area contributed by atoms with Crippen molar-refractivity contribution < 1.29 is 4.39 Å². The van der Waals surface area contributed by atoms with Gasteiger partial charge in [-0.15, -0.1) is 0 Å². The fourth-order valence-corrected chi connectivity index (χ4v) is 1.76. The van der Waals surface area contributed by atoms with Gasteiger partial charge in [0.25, 0.3) is 0 Å². The topological polar surface area (TPSA) is 23.8 Å². The first-order valence-electron chi connectivity index (χ1n) is 4.67. The molecule has 0 aliphatic rings. The van der Waals surface area contributed by atoms with E-state index in [-0.39, 0.29) is 5.82 Å². The van der Waals surface area contributed by atoms with Gasteiger partial charge in [-0.25, -0.2) is 4.39 Å². The number of hydrogen-bond acceptors (Lipinski definition) is 1. The van der Waals surface area contributed by atoms with Crippen molar-refractivity contribution in [3.63, 3.8) is 0 Å². The Hall–Kier alpha value is -1.85. The fourth-order valence-electron chi connectivity index (χ4n) is 1.49. The molecule has 0 radical (unpaired) electrons. The Kier molecular flexibility index (Phi) is 2.89. The first-order valence-corrected chi connectivity index (χ1v) is 5.04. The third-order valence-corrected chi connectivity index (χ3v) is 2.58. The fraction of sp³-hybridized carbons (Fsp3) is 0. The van der Waals surface area contributed by atoms with E-state index in [0.717, 1.165) is 0 Å². The van der Waals surface area contributed by atoms with Crippen LogP contribution in [-0.2, 0) is 0 Å². The molecule has 0 spiro atoms. The Morgan fingerprint density at radius 2 is 1.75 bits per heavy atom. The highest BCUT2D eigenvalue weighted by molar-refractivity contribution is 6.33. The van der Waals surface area contributed by atoms with Crippen molar-refractivity contribution in [2.24, 2.45) is 0 Å². The van der Waals surface area contributed by atoms with Crippen LogP contribution in [0.2, 0.25) is 5.02 Å². The predicted molar refractivity (Wildman–Crippen MR) is 61.6 cm³/mol. The second kappa shape index (κ2) is 4.34. The zero-order valence-corrected chi connectivity index (χ0v) is 9.00. The van der Waals surface area contributed by atoms with Crippen LogP contribution in [0.4, 0.5) is 4.39 Å². The van der Waals surface area contributed by atoms with Crippen LogP contribution in [0.1, 0.15) is 5.56 Å². The van der Waals surface area contributed by atoms with Crippen LogP contribution in [0, 0.1) is 17.1 Å². The van der Waals surface area contributed by atoms with E-state index in [4.69, 9.17) is 16.9 Å². The molecule has 0 unspecified atom stereocenters. The Bertz CT molecular complexity index is 535. The van der Waals surface area contributed by atoms with E-state index >= 15 is 0 Å². The van der Waals surface area contributed by atoms with Gasteiger partial charge in [0.1, 0.15) is 5.82 Å². The number of halogens is 2. The lowest BCUT2D eigenvalue weighted by Gasteiger charge is -2.05. The van der Waals surface area contributed by atoms with Crippen molar-refractivity contribution in [2.75, 3.05) is 0 Å². The van der Waals surface area contributed by atoms with E-state index in [1.165, 1.54) is 6.07 Å². The third-order valence-electron chi connectivity index (χ3n) is 2.27. The zero-order valence-electron chi connectivity index (χ0n) is 8.24. The van der Waals surface area contributed by atoms with Gasteiger partial charge < -0.3 is 0 Å². The maximum Gasteiger partial charge on any atom is 0.132 e. The van der Waals surface area contributed by atoms with Crippen LogP contribution >= 0.6 is 11.6 Å². The quantitative estimate of drug-likeness (QED) is 0.727. The van der Waals surface area contributed by atoms with Crippen LogP contribution in [0.25, 0.3) is 11.1 Å². The normalized spacial score (nSPS) is 9.81. The molecule has 2 rings (SSSR count). The largest absolute Gasteiger partial charge is 0.206 e. The Balaban J connectivity index is 2.55. The van der Waals surface area contributed by atoms with Gasteiger partial charge in [-0.2, -0.15) is 5.26 Å². The van der Waals surface area contributed by atoms with Crippen LogP contribution < -0.4 is 0 Å². The van der Waals surface area contributed by atoms with E-state index in [9.17, 15) is 4.39 Å². The highest BCUT2D eigenvalue weighted by atomic mass is 35.5. The summed E-state index contributed by atoms with van der Waals surface area (Å²) in [6, 6.07) is 13.2. The van der Waals surface area contributed by atoms with E-state index in [1.807, 2.05) is 6.07 Å². The lowest BCUT2D eigenvalue weighted by molar-refractivity contribution is 0.631. The van der Waals surface area contributed by atoms with Gasteiger partial charge >= 0.3 is 0 Å². The van der Waals surface area contributed by atoms with Crippen LogP contribution in [0.15, 0.2) is 42.5 Å². The van der Waals surface area contributed by atoms with Gasteiger partial charge in [0.05, 0.1) is 16.7 Å². The van der Waals surface area contributed by atoms with Gasteiger partial charge in [0.2, 0.25) is 0 Å². The molecule has 16 heavy (non-hydrogen) atoms. The maximum absolute atomic E-state index is 13.6. The van der Waals surface area contributed by atoms with Gasteiger partial charge in [-0.1, -0.05) is 29.8 Å². The number of nitrogens with zero attached hydrogens (tertiary/aromatic N) is 1. The van der Waals surface area contributed by atoms with Crippen molar-refractivity contribution in [3.05, 3.63) is 58.9 Å². The third kappa shape index (κ3) is 1.91. The lowest BCUT2D eigenvalue weighted by Crippen LogP contribution is -1.85. The van der Waals surface area contributed by atoms with Gasteiger partial charge in [-0.3, -0.25) is 0 Å². The van der Waals surface area contributed by atoms with E-state index in [1.54, 1.807) is 36.4 Å². The number of benzene rings is 2. The first kappa shape index (κ1) is 10.7. The second-order valence-electron chi connectivity index (χ2n) is 3.29. The van der Waals surface area contributed by atoms with Crippen molar-refractivity contribution in [2.45, 2.75) is 0 Å². The summed E-state index contributed by atoms with van der Waals surface area (Å²) in [6.07, 6.45) is 0. The average molecular weight is 232 g/mol. The van der Waals surface area contributed by atoms with Gasteiger partial charge in [0, 0.05) is 5.56 Å². The predicted octanol–water partition coefficient (Wildman–Crippen LogP) is 4.02. The summed E-state index contributed by atoms with van der Waals surface area (Å²) in [5, 5.41) is 9.02. The summed E-state index contributed by atoms with van der Waals surface area (Å²) in [4.78, 5) is 0. The Labute approximate surface area is 97.7 Å². The van der Waals surface area contributed by atoms with E-state index in [0.29, 0.717) is 21.7 Å². The molecule has 78 valence electrons. The number of nitriles is 1. The monoisotopic (exact) mass is 231 g/mol. The van der Waals surface area contributed by atoms with E-state index < -0.39 is 0 Å². The minimum atomic E-state index is -0.364. The molecule has 0 saturated carbocycles. The molecule has 0 saturated heterocycles. The molecule has 0 aliphatic heterocycles. The van der Waals surface area contributed by atoms with Gasteiger partial charge in [0.15, 0.2) is 0 Å². The SMILES string of the molecule is N#Cc1ccc(-c2c(F)cccc2Cl)cc1. The standard InChI is InChI=1S/C13H7ClFN/c14-11-2-1-3-12(15)13(11)10-6-4-9(8-16)5-7-10/h1-7H. The van der Waals surface area contributed by atoms with Crippen molar-refractivity contribution in [3.8, 4) is 17.2 Å². The van der Waals surface area contributed by atoms with Gasteiger partial charge in [-0.05, 0) is 29.8 Å². The highest BCUT2D eigenvalue weighted by Crippen LogP contribution is 2.30. The highest BCUT2D eigenvalue weighted by Gasteiger charge is 2.08. The molecule has 0 N–H and O–H groups in total. The second-order valence-corrected chi connectivity index (χ2v) is 3.69. The smallest absolute Gasteiger partial charge is 0.132 e. The molecule has 2 aromatic rings. The number of rotatable bonds is 1. The average Bonchev–Trinajstić information content (AvgIpc) is 2.30. The molecule has 0 fully saturated rings. The molecule has 3 heteroatoms. The molecule has 1 nitrogen and oxygen atoms in total. The molecule has 2 aromatic carbocycles. The molecular formula is C13H7ClFN. The molecule has 0 aliphatic carbocycles. The summed E-state index contributed by atoms with van der Waals surface area (Å²) in [6.45, 7) is 0. The summed E-state index contributed by atoms with van der Waals surface area (Å²) < 4.78 is 13.6. The molecule has 0 amide bonds. The maximum atomic E-state index is 13.6. The molecule has 0 atom stereocenters. The summed E-state index contributed by atoms with van der Waals surface area (Å²) in [5.41, 5.74) is 1.58.